The maximum atomic E-state index is 9.68. The van der Waals surface area contributed by atoms with Crippen molar-refractivity contribution < 1.29 is 5.21 Å². The first-order chi connectivity index (χ1) is 11.8. The van der Waals surface area contributed by atoms with Crippen LogP contribution >= 0.6 is 0 Å². The highest BCUT2D eigenvalue weighted by Crippen LogP contribution is 2.28. The summed E-state index contributed by atoms with van der Waals surface area (Å²) in [4.78, 5) is 4.71. The van der Waals surface area contributed by atoms with E-state index in [0.29, 0.717) is 0 Å². The molecule has 1 fully saturated rings. The molecule has 1 atom stereocenters. The van der Waals surface area contributed by atoms with Gasteiger partial charge in [-0.2, -0.15) is 0 Å². The monoisotopic (exact) mass is 327 g/mol. The van der Waals surface area contributed by atoms with Gasteiger partial charge in [0.05, 0.1) is 22.8 Å². The lowest BCUT2D eigenvalue weighted by atomic mass is 9.96. The minimum absolute atomic E-state index is 0.127. The lowest BCUT2D eigenvalue weighted by molar-refractivity contribution is 0.311. The molecule has 4 nitrogen and oxygen atoms in total. The second kappa shape index (κ2) is 8.32. The number of hydrogen-bond acceptors (Lipinski definition) is 3. The zero-order valence-electron chi connectivity index (χ0n) is 14.7. The molecule has 1 aliphatic carbocycles. The Balaban J connectivity index is 1.93. The van der Waals surface area contributed by atoms with Crippen LogP contribution in [0.15, 0.2) is 29.4 Å². The van der Waals surface area contributed by atoms with Crippen LogP contribution in [0, 0.1) is 6.92 Å². The predicted molar refractivity (Wildman–Crippen MR) is 98.9 cm³/mol. The standard InChI is InChI=1S/C20H29N3O/c1-16-21-17-12-10-11-15-19(17)23(16)20-14-9-7-5-3-2-4-6-8-13-18(20)22-24/h10-12,15,20,24H,2-9,13-14H2,1H3. The molecule has 0 spiro atoms. The molecule has 2 aromatic rings. The van der Waals surface area contributed by atoms with Crippen molar-refractivity contribution in [1.82, 2.24) is 9.55 Å². The molecule has 1 N–H and O–H groups in total. The number of imidazole rings is 1. The van der Waals surface area contributed by atoms with Crippen molar-refractivity contribution in [2.45, 2.75) is 77.2 Å². The number of nitrogens with zero attached hydrogens (tertiary/aromatic N) is 3. The molecular weight excluding hydrogens is 298 g/mol. The van der Waals surface area contributed by atoms with E-state index < -0.39 is 0 Å². The summed E-state index contributed by atoms with van der Waals surface area (Å²) in [6.07, 6.45) is 12.0. The van der Waals surface area contributed by atoms with Gasteiger partial charge in [-0.1, -0.05) is 62.2 Å². The van der Waals surface area contributed by atoms with Gasteiger partial charge >= 0.3 is 0 Å². The van der Waals surface area contributed by atoms with E-state index in [1.165, 1.54) is 44.9 Å². The Morgan fingerprint density at radius 2 is 1.67 bits per heavy atom. The second-order valence-electron chi connectivity index (χ2n) is 6.99. The molecule has 0 saturated heterocycles. The summed E-state index contributed by atoms with van der Waals surface area (Å²) in [5.74, 6) is 1.01. The van der Waals surface area contributed by atoms with Crippen LogP contribution in [0.3, 0.4) is 0 Å². The molecule has 130 valence electrons. The number of para-hydroxylation sites is 2. The van der Waals surface area contributed by atoms with Crippen LogP contribution in [-0.4, -0.2) is 20.5 Å². The first kappa shape index (κ1) is 17.0. The van der Waals surface area contributed by atoms with E-state index in [1.54, 1.807) is 0 Å². The molecule has 1 unspecified atom stereocenters. The van der Waals surface area contributed by atoms with Crippen LogP contribution in [0.4, 0.5) is 0 Å². The van der Waals surface area contributed by atoms with Gasteiger partial charge in [-0.25, -0.2) is 4.98 Å². The zero-order chi connectivity index (χ0) is 16.8. The molecule has 1 aliphatic rings. The third kappa shape index (κ3) is 3.80. The summed E-state index contributed by atoms with van der Waals surface area (Å²) < 4.78 is 2.29. The fraction of sp³-hybridized carbons (Fsp3) is 0.600. The van der Waals surface area contributed by atoms with Crippen molar-refractivity contribution in [2.24, 2.45) is 5.16 Å². The van der Waals surface area contributed by atoms with Crippen molar-refractivity contribution >= 4 is 16.7 Å². The van der Waals surface area contributed by atoms with E-state index in [9.17, 15) is 5.21 Å². The SMILES string of the molecule is Cc1nc2ccccc2n1C1CCCCCCCCCCC1=NO. The zero-order valence-corrected chi connectivity index (χ0v) is 14.7. The maximum Gasteiger partial charge on any atom is 0.107 e. The first-order valence-corrected chi connectivity index (χ1v) is 9.45. The van der Waals surface area contributed by atoms with Crippen LogP contribution in [0.1, 0.15) is 76.1 Å². The highest BCUT2D eigenvalue weighted by molar-refractivity contribution is 5.89. The van der Waals surface area contributed by atoms with Gasteiger partial charge in [0, 0.05) is 0 Å². The van der Waals surface area contributed by atoms with Crippen LogP contribution in [0.2, 0.25) is 0 Å². The first-order valence-electron chi connectivity index (χ1n) is 9.45. The highest BCUT2D eigenvalue weighted by Gasteiger charge is 2.22. The molecule has 0 aliphatic heterocycles. The summed E-state index contributed by atoms with van der Waals surface area (Å²) in [5, 5.41) is 13.4. The number of rotatable bonds is 1. The number of benzene rings is 1. The van der Waals surface area contributed by atoms with E-state index in [4.69, 9.17) is 4.98 Å². The molecule has 3 rings (SSSR count). The summed E-state index contributed by atoms with van der Waals surface area (Å²) in [6, 6.07) is 8.40. The van der Waals surface area contributed by atoms with Gasteiger partial charge in [0.15, 0.2) is 0 Å². The second-order valence-corrected chi connectivity index (χ2v) is 6.99. The molecule has 1 heterocycles. The van der Waals surface area contributed by atoms with E-state index in [0.717, 1.165) is 41.8 Å². The lowest BCUT2D eigenvalue weighted by Gasteiger charge is -2.23. The average molecular weight is 327 g/mol. The van der Waals surface area contributed by atoms with E-state index in [-0.39, 0.29) is 6.04 Å². The molecule has 0 amide bonds. The van der Waals surface area contributed by atoms with Gasteiger partial charge in [-0.15, -0.1) is 0 Å². The van der Waals surface area contributed by atoms with Crippen molar-refractivity contribution in [3.05, 3.63) is 30.1 Å². The van der Waals surface area contributed by atoms with Gasteiger partial charge in [0.2, 0.25) is 0 Å². The van der Waals surface area contributed by atoms with E-state index in [2.05, 4.69) is 34.8 Å². The van der Waals surface area contributed by atoms with E-state index in [1.807, 2.05) is 6.07 Å². The summed E-state index contributed by atoms with van der Waals surface area (Å²) in [5.41, 5.74) is 3.09. The van der Waals surface area contributed by atoms with E-state index >= 15 is 0 Å². The number of oxime groups is 1. The quantitative estimate of drug-likeness (QED) is 0.545. The Morgan fingerprint density at radius 3 is 2.42 bits per heavy atom. The van der Waals surface area contributed by atoms with Crippen LogP contribution < -0.4 is 0 Å². The van der Waals surface area contributed by atoms with Gasteiger partial charge in [0.25, 0.3) is 0 Å². The van der Waals surface area contributed by atoms with Crippen molar-refractivity contribution in [2.75, 3.05) is 0 Å². The average Bonchev–Trinajstić information content (AvgIpc) is 2.91. The highest BCUT2D eigenvalue weighted by atomic mass is 16.4. The van der Waals surface area contributed by atoms with Crippen LogP contribution in [-0.2, 0) is 0 Å². The molecule has 1 aromatic heterocycles. The Hall–Kier alpha value is -1.84. The number of aromatic nitrogens is 2. The van der Waals surface area contributed by atoms with Gasteiger partial charge in [-0.05, 0) is 38.3 Å². The summed E-state index contributed by atoms with van der Waals surface area (Å²) in [6.45, 7) is 2.06. The lowest BCUT2D eigenvalue weighted by Crippen LogP contribution is -2.21. The third-order valence-corrected chi connectivity index (χ3v) is 5.26. The predicted octanol–water partition coefficient (Wildman–Crippen LogP) is 5.63. The van der Waals surface area contributed by atoms with Crippen LogP contribution in [0.25, 0.3) is 11.0 Å². The summed E-state index contributed by atoms with van der Waals surface area (Å²) >= 11 is 0. The topological polar surface area (TPSA) is 50.4 Å². The summed E-state index contributed by atoms with van der Waals surface area (Å²) in [7, 11) is 0. The smallest absolute Gasteiger partial charge is 0.107 e. The number of hydrogen-bond donors (Lipinski definition) is 1. The molecule has 1 aromatic carbocycles. The molecular formula is C20H29N3O. The molecule has 4 heteroatoms. The van der Waals surface area contributed by atoms with Gasteiger partial charge in [-0.3, -0.25) is 0 Å². The van der Waals surface area contributed by atoms with Gasteiger partial charge < -0.3 is 9.77 Å². The Labute approximate surface area is 144 Å². The molecule has 0 radical (unpaired) electrons. The Morgan fingerprint density at radius 1 is 1.00 bits per heavy atom. The normalized spacial score (nSPS) is 23.0. The number of aryl methyl sites for hydroxylation is 1. The van der Waals surface area contributed by atoms with Crippen molar-refractivity contribution in [3.63, 3.8) is 0 Å². The largest absolute Gasteiger partial charge is 0.411 e. The third-order valence-electron chi connectivity index (χ3n) is 5.26. The fourth-order valence-electron chi connectivity index (χ4n) is 3.99. The minimum Gasteiger partial charge on any atom is -0.411 e. The van der Waals surface area contributed by atoms with Crippen molar-refractivity contribution in [1.29, 1.82) is 0 Å². The Bertz CT molecular complexity index is 689. The van der Waals surface area contributed by atoms with Gasteiger partial charge in [0.1, 0.15) is 5.82 Å². The molecule has 24 heavy (non-hydrogen) atoms. The Kier molecular flexibility index (Phi) is 5.89. The maximum absolute atomic E-state index is 9.68. The van der Waals surface area contributed by atoms with Crippen LogP contribution in [0.5, 0.6) is 0 Å². The number of fused-ring (bicyclic) bond motifs is 1. The van der Waals surface area contributed by atoms with Crippen molar-refractivity contribution in [3.8, 4) is 0 Å². The molecule has 0 bridgehead atoms. The molecule has 1 saturated carbocycles. The minimum atomic E-state index is 0.127. The fourth-order valence-corrected chi connectivity index (χ4v) is 3.99.